The van der Waals surface area contributed by atoms with Gasteiger partial charge in [-0.15, -0.1) is 0 Å². The van der Waals surface area contributed by atoms with Gasteiger partial charge >= 0.3 is 23.5 Å². The van der Waals surface area contributed by atoms with Gasteiger partial charge in [-0.05, 0) is 6.08 Å². The number of hydrogen-bond acceptors (Lipinski definition) is 11. The predicted molar refractivity (Wildman–Crippen MR) is 110 cm³/mol. The molecule has 2 aromatic heterocycles. The molecule has 1 saturated heterocycles. The average molecular weight is 542 g/mol. The molecule has 186 valence electrons. The molecule has 1 amide bonds. The van der Waals surface area contributed by atoms with Crippen LogP contribution in [0.2, 0.25) is 0 Å². The first-order valence-corrected chi connectivity index (χ1v) is 13.7. The number of hydrogen-bond donors (Lipinski definition) is 6. The van der Waals surface area contributed by atoms with Gasteiger partial charge in [0.15, 0.2) is 6.23 Å². The lowest BCUT2D eigenvalue weighted by molar-refractivity contribution is -0.111. The average Bonchev–Trinajstić information content (AvgIpc) is 3.17. The number of ether oxygens (including phenoxy) is 1. The standard InChI is InChI=1S/C14H17N4O13P3/c19-9-3-8(5-28-33(24,25)31-34(26,27)30-32(21,22)23)29-14(9)18-4-7-1-2-10(20)17-12-11(7)13(18)16-6-15-12/h1-2,4,6,8-9,14,19H,3,5H2,(H,24,25)(H,26,27)(H2,21,22,23)(H,15,16,17,20)/t8-,9+,14+/m0/s1. The Labute approximate surface area is 189 Å². The number of aromatic nitrogens is 3. The van der Waals surface area contributed by atoms with Gasteiger partial charge in [-0.25, -0.2) is 23.7 Å². The normalized spacial score (nSPS) is 26.1. The van der Waals surface area contributed by atoms with Crippen LogP contribution in [-0.2, 0) is 36.4 Å². The van der Waals surface area contributed by atoms with Gasteiger partial charge in [0, 0.05) is 24.3 Å². The van der Waals surface area contributed by atoms with E-state index in [0.717, 1.165) is 0 Å². The van der Waals surface area contributed by atoms with Gasteiger partial charge < -0.3 is 39.3 Å². The van der Waals surface area contributed by atoms with Crippen molar-refractivity contribution in [3.8, 4) is 0 Å². The molecule has 2 unspecified atom stereocenters. The van der Waals surface area contributed by atoms with Crippen LogP contribution in [0, 0.1) is 0 Å². The summed E-state index contributed by atoms with van der Waals surface area (Å²) in [5, 5.41) is 13.6. The zero-order valence-corrected chi connectivity index (χ0v) is 19.3. The van der Waals surface area contributed by atoms with Gasteiger partial charge in [-0.3, -0.25) is 9.32 Å². The fourth-order valence-electron chi connectivity index (χ4n) is 3.42. The molecule has 1 fully saturated rings. The molecule has 2 aromatic rings. The summed E-state index contributed by atoms with van der Waals surface area (Å²) >= 11 is 0. The van der Waals surface area contributed by atoms with Crippen LogP contribution in [-0.4, -0.2) is 63.9 Å². The van der Waals surface area contributed by atoms with Crippen LogP contribution in [0.5, 0.6) is 0 Å². The lowest BCUT2D eigenvalue weighted by atomic mass is 10.2. The van der Waals surface area contributed by atoms with E-state index < -0.39 is 48.5 Å². The number of nitrogens with zero attached hydrogens (tertiary/aromatic N) is 3. The fourth-order valence-corrected chi connectivity index (χ4v) is 6.47. The Balaban J connectivity index is 1.47. The molecule has 20 heteroatoms. The number of amides is 1. The van der Waals surface area contributed by atoms with Crippen molar-refractivity contribution in [2.75, 3.05) is 11.9 Å². The molecular formula is C14H17N4O13P3. The number of aliphatic hydroxyl groups excluding tert-OH is 1. The molecule has 34 heavy (non-hydrogen) atoms. The first-order chi connectivity index (χ1) is 15.7. The SMILES string of the molecule is O=C1C=Cc2cn([C@@H]3O[C@H](COP(=O)(O)OP(=O)(O)OP(=O)(O)O)C[C@H]3O)c3ncnc(c23)N1. The van der Waals surface area contributed by atoms with E-state index in [0.29, 0.717) is 16.6 Å². The smallest absolute Gasteiger partial charge is 0.388 e. The molecule has 0 aliphatic carbocycles. The summed E-state index contributed by atoms with van der Waals surface area (Å²) in [5.41, 5.74) is 0.890. The van der Waals surface area contributed by atoms with Gasteiger partial charge in [0.25, 0.3) is 0 Å². The molecule has 2 aliphatic rings. The van der Waals surface area contributed by atoms with Crippen LogP contribution in [0.15, 0.2) is 18.6 Å². The Hall–Kier alpha value is -1.84. The number of nitrogens with one attached hydrogen (secondary N) is 1. The minimum atomic E-state index is -5.65. The minimum absolute atomic E-state index is 0.0973. The predicted octanol–water partition coefficient (Wildman–Crippen LogP) is 0.388. The lowest BCUT2D eigenvalue weighted by Gasteiger charge is -2.19. The topological polar surface area (TPSA) is 249 Å². The lowest BCUT2D eigenvalue weighted by Crippen LogP contribution is -2.19. The second-order valence-corrected chi connectivity index (χ2v) is 11.5. The molecule has 0 saturated carbocycles. The Morgan fingerprint density at radius 3 is 2.56 bits per heavy atom. The summed E-state index contributed by atoms with van der Waals surface area (Å²) in [6, 6.07) is 0. The highest BCUT2D eigenvalue weighted by Gasteiger charge is 2.43. The molecule has 4 rings (SSSR count). The zero-order valence-electron chi connectivity index (χ0n) is 16.6. The van der Waals surface area contributed by atoms with Crippen molar-refractivity contribution in [1.82, 2.24) is 14.5 Å². The summed E-state index contributed by atoms with van der Waals surface area (Å²) in [7, 11) is -16.5. The largest absolute Gasteiger partial charge is 0.490 e. The van der Waals surface area contributed by atoms with E-state index in [1.807, 2.05) is 0 Å². The Kier molecular flexibility index (Phi) is 6.68. The molecule has 0 aromatic carbocycles. The van der Waals surface area contributed by atoms with Gasteiger partial charge in [0.2, 0.25) is 5.91 Å². The molecule has 0 spiro atoms. The summed E-state index contributed by atoms with van der Waals surface area (Å²) in [4.78, 5) is 55.8. The fraction of sp³-hybridized carbons (Fsp3) is 0.357. The number of rotatable bonds is 8. The van der Waals surface area contributed by atoms with E-state index in [1.54, 1.807) is 6.20 Å². The third kappa shape index (κ3) is 5.69. The second-order valence-electron chi connectivity index (χ2n) is 7.07. The van der Waals surface area contributed by atoms with Crippen molar-refractivity contribution < 1.29 is 61.1 Å². The minimum Gasteiger partial charge on any atom is -0.388 e. The summed E-state index contributed by atoms with van der Waals surface area (Å²) < 4.78 is 53.0. The summed E-state index contributed by atoms with van der Waals surface area (Å²) in [6.07, 6.45) is 2.32. The van der Waals surface area contributed by atoms with Crippen LogP contribution in [0.4, 0.5) is 5.82 Å². The van der Waals surface area contributed by atoms with Gasteiger partial charge in [-0.1, -0.05) is 0 Å². The van der Waals surface area contributed by atoms with E-state index in [4.69, 9.17) is 14.5 Å². The first-order valence-electron chi connectivity index (χ1n) is 9.19. The number of carbonyl (C=O) groups excluding carboxylic acids is 1. The number of anilines is 1. The number of aliphatic hydroxyl groups is 1. The highest BCUT2D eigenvalue weighted by atomic mass is 31.3. The van der Waals surface area contributed by atoms with Crippen LogP contribution in [0.25, 0.3) is 17.1 Å². The molecule has 0 bridgehead atoms. The monoisotopic (exact) mass is 542 g/mol. The molecule has 0 radical (unpaired) electrons. The molecule has 5 atom stereocenters. The van der Waals surface area contributed by atoms with E-state index in [-0.39, 0.29) is 18.1 Å². The Morgan fingerprint density at radius 1 is 1.12 bits per heavy atom. The van der Waals surface area contributed by atoms with Crippen LogP contribution in [0.3, 0.4) is 0 Å². The van der Waals surface area contributed by atoms with E-state index >= 15 is 0 Å². The van der Waals surface area contributed by atoms with Crippen molar-refractivity contribution >= 4 is 52.3 Å². The van der Waals surface area contributed by atoms with Gasteiger partial charge in [0.05, 0.1) is 18.1 Å². The highest BCUT2D eigenvalue weighted by Crippen LogP contribution is 2.66. The Morgan fingerprint density at radius 2 is 1.85 bits per heavy atom. The molecule has 6 N–H and O–H groups in total. The van der Waals surface area contributed by atoms with E-state index in [2.05, 4.69) is 28.4 Å². The van der Waals surface area contributed by atoms with Crippen LogP contribution < -0.4 is 5.32 Å². The van der Waals surface area contributed by atoms with Crippen molar-refractivity contribution in [2.45, 2.75) is 24.9 Å². The van der Waals surface area contributed by atoms with Crippen molar-refractivity contribution in [1.29, 1.82) is 0 Å². The number of phosphoric acid groups is 3. The molecule has 17 nitrogen and oxygen atoms in total. The van der Waals surface area contributed by atoms with E-state index in [1.165, 1.54) is 23.0 Å². The van der Waals surface area contributed by atoms with Crippen molar-refractivity contribution in [3.63, 3.8) is 0 Å². The van der Waals surface area contributed by atoms with Crippen LogP contribution >= 0.6 is 23.5 Å². The van der Waals surface area contributed by atoms with Crippen molar-refractivity contribution in [2.24, 2.45) is 0 Å². The third-order valence-corrected chi connectivity index (χ3v) is 8.38. The third-order valence-electron chi connectivity index (χ3n) is 4.57. The highest BCUT2D eigenvalue weighted by molar-refractivity contribution is 7.66. The molecule has 2 aliphatic heterocycles. The zero-order chi connectivity index (χ0) is 24.9. The number of carbonyl (C=O) groups is 1. The molecular weight excluding hydrogens is 525 g/mol. The van der Waals surface area contributed by atoms with Gasteiger partial charge in [-0.2, -0.15) is 8.62 Å². The van der Waals surface area contributed by atoms with E-state index in [9.17, 15) is 33.4 Å². The molecule has 4 heterocycles. The first kappa shape index (κ1) is 25.3. The number of phosphoric ester groups is 1. The maximum absolute atomic E-state index is 11.9. The van der Waals surface area contributed by atoms with Crippen LogP contribution in [0.1, 0.15) is 18.2 Å². The summed E-state index contributed by atoms with van der Waals surface area (Å²) in [6.45, 7) is -0.709. The Bertz CT molecular complexity index is 1310. The second kappa shape index (κ2) is 8.99. The quantitative estimate of drug-likeness (QED) is 0.247. The maximum Gasteiger partial charge on any atom is 0.490 e. The summed E-state index contributed by atoms with van der Waals surface area (Å²) in [5.74, 6) is -0.128. The maximum atomic E-state index is 11.9. The van der Waals surface area contributed by atoms with Crippen molar-refractivity contribution in [3.05, 3.63) is 24.2 Å². The van der Waals surface area contributed by atoms with Gasteiger partial charge in [0.1, 0.15) is 23.9 Å².